The molecule has 0 aromatic carbocycles. The summed E-state index contributed by atoms with van der Waals surface area (Å²) in [5, 5.41) is 29.5. The van der Waals surface area contributed by atoms with Crippen LogP contribution in [0.15, 0.2) is 12.1 Å². The van der Waals surface area contributed by atoms with E-state index >= 15 is 0 Å². The topological polar surface area (TPSA) is 98.6 Å². The van der Waals surface area contributed by atoms with Gasteiger partial charge in [-0.2, -0.15) is 13.2 Å². The molecule has 25 heavy (non-hydrogen) atoms. The van der Waals surface area contributed by atoms with Gasteiger partial charge in [-0.05, 0) is 24.6 Å². The Bertz CT molecular complexity index is 870. The smallest absolute Gasteiger partial charge is 0.394 e. The second kappa shape index (κ2) is 6.29. The second-order valence-corrected chi connectivity index (χ2v) is 6.31. The predicted molar refractivity (Wildman–Crippen MR) is 83.4 cm³/mol. The lowest BCUT2D eigenvalue weighted by Crippen LogP contribution is -2.32. The lowest BCUT2D eigenvalue weighted by Gasteiger charge is -2.16. The van der Waals surface area contributed by atoms with Crippen molar-refractivity contribution in [2.24, 2.45) is 0 Å². The van der Waals surface area contributed by atoms with E-state index in [1.54, 1.807) is 0 Å². The molecule has 2 aromatic rings. The van der Waals surface area contributed by atoms with Crippen molar-refractivity contribution in [2.75, 3.05) is 6.61 Å². The third-order valence-corrected chi connectivity index (χ3v) is 4.50. The van der Waals surface area contributed by atoms with Crippen LogP contribution in [0.2, 0.25) is 0 Å². The maximum Gasteiger partial charge on any atom is 0.433 e. The van der Waals surface area contributed by atoms with Crippen LogP contribution < -0.4 is 0 Å². The minimum absolute atomic E-state index is 0.0341. The Balaban J connectivity index is 2.10. The van der Waals surface area contributed by atoms with Crippen molar-refractivity contribution in [1.82, 2.24) is 9.97 Å². The molecule has 0 aliphatic carbocycles. The van der Waals surface area contributed by atoms with Crippen molar-refractivity contribution >= 4 is 23.3 Å². The number of halogens is 3. The summed E-state index contributed by atoms with van der Waals surface area (Å²) in [4.78, 5) is 6.21. The van der Waals surface area contributed by atoms with Crippen LogP contribution in [0.1, 0.15) is 22.9 Å². The van der Waals surface area contributed by atoms with Crippen LogP contribution in [0.4, 0.5) is 13.2 Å². The molecule has 1 saturated heterocycles. The number of rotatable bonds is 2. The molecule has 6 nitrogen and oxygen atoms in total. The van der Waals surface area contributed by atoms with Crippen molar-refractivity contribution in [3.8, 4) is 0 Å². The summed E-state index contributed by atoms with van der Waals surface area (Å²) in [6, 6.07) is 2.77. The molecule has 3 heterocycles. The van der Waals surface area contributed by atoms with E-state index in [1.165, 1.54) is 19.1 Å². The third-order valence-electron chi connectivity index (χ3n) is 4.17. The molecule has 3 rings (SSSR count). The number of aromatic amines is 1. The molecule has 0 amide bonds. The molecule has 1 aliphatic heterocycles. The molecule has 4 atom stereocenters. The lowest BCUT2D eigenvalue weighted by atomic mass is 10.0. The van der Waals surface area contributed by atoms with Crippen LogP contribution in [0, 0.1) is 11.6 Å². The number of H-pyrrole nitrogens is 1. The van der Waals surface area contributed by atoms with Gasteiger partial charge in [0, 0.05) is 10.9 Å². The van der Waals surface area contributed by atoms with Gasteiger partial charge in [0.25, 0.3) is 0 Å². The average molecular weight is 376 g/mol. The predicted octanol–water partition coefficient (Wildman–Crippen LogP) is 1.77. The van der Waals surface area contributed by atoms with E-state index in [0.717, 1.165) is 0 Å². The number of aliphatic hydroxyl groups is 3. The normalized spacial score (nSPS) is 27.2. The zero-order chi connectivity index (χ0) is 18.5. The standard InChI is InChI=1S/C15H15F3N2O4S/c1-5-2-6-3-7(11-10(23)9(22)8(4-21)24-11)14(25)20-13(6)19-12(5)15(16,17)18/h2-3,8-11,21-23H,4H2,1H3,(H,19,20,25). The first kappa shape index (κ1) is 18.2. The fourth-order valence-corrected chi connectivity index (χ4v) is 3.18. The Morgan fingerprint density at radius 2 is 1.96 bits per heavy atom. The minimum Gasteiger partial charge on any atom is -0.394 e. The molecule has 0 radical (unpaired) electrons. The Morgan fingerprint density at radius 3 is 2.52 bits per heavy atom. The molecule has 136 valence electrons. The summed E-state index contributed by atoms with van der Waals surface area (Å²) in [6.07, 6.45) is -9.20. The highest BCUT2D eigenvalue weighted by Crippen LogP contribution is 2.36. The number of ether oxygens (including phenoxy) is 1. The molecule has 0 bridgehead atoms. The van der Waals surface area contributed by atoms with E-state index in [0.29, 0.717) is 10.9 Å². The van der Waals surface area contributed by atoms with Crippen LogP contribution in [-0.2, 0) is 10.9 Å². The highest BCUT2D eigenvalue weighted by molar-refractivity contribution is 7.71. The van der Waals surface area contributed by atoms with Crippen molar-refractivity contribution in [3.63, 3.8) is 0 Å². The number of pyridine rings is 2. The van der Waals surface area contributed by atoms with E-state index < -0.39 is 42.9 Å². The molecule has 4 N–H and O–H groups in total. The van der Waals surface area contributed by atoms with Crippen molar-refractivity contribution in [1.29, 1.82) is 0 Å². The lowest BCUT2D eigenvalue weighted by molar-refractivity contribution is -0.141. The number of aryl methyl sites for hydroxylation is 1. The Kier molecular flexibility index (Phi) is 4.58. The van der Waals surface area contributed by atoms with Gasteiger partial charge < -0.3 is 25.0 Å². The van der Waals surface area contributed by atoms with Gasteiger partial charge in [0.1, 0.15) is 40.4 Å². The molecular weight excluding hydrogens is 361 g/mol. The summed E-state index contributed by atoms with van der Waals surface area (Å²) in [5.41, 5.74) is -0.812. The van der Waals surface area contributed by atoms with Gasteiger partial charge >= 0.3 is 6.18 Å². The number of fused-ring (bicyclic) bond motifs is 1. The molecule has 10 heteroatoms. The van der Waals surface area contributed by atoms with Gasteiger partial charge in [0.05, 0.1) is 6.61 Å². The number of aliphatic hydroxyl groups excluding tert-OH is 3. The molecule has 2 aromatic heterocycles. The molecule has 0 saturated carbocycles. The molecule has 0 spiro atoms. The molecule has 1 aliphatic rings. The van der Waals surface area contributed by atoms with Crippen LogP contribution in [0.25, 0.3) is 11.0 Å². The molecule has 4 unspecified atom stereocenters. The van der Waals surface area contributed by atoms with E-state index in [2.05, 4.69) is 9.97 Å². The fourth-order valence-electron chi connectivity index (χ4n) is 2.91. The summed E-state index contributed by atoms with van der Waals surface area (Å²) in [6.45, 7) is 0.803. The number of alkyl halides is 3. The average Bonchev–Trinajstić information content (AvgIpc) is 2.81. The highest BCUT2D eigenvalue weighted by Gasteiger charge is 2.43. The zero-order valence-electron chi connectivity index (χ0n) is 12.9. The van der Waals surface area contributed by atoms with Crippen molar-refractivity contribution in [2.45, 2.75) is 37.5 Å². The van der Waals surface area contributed by atoms with Gasteiger partial charge in [0.15, 0.2) is 0 Å². The van der Waals surface area contributed by atoms with Crippen LogP contribution >= 0.6 is 12.2 Å². The monoisotopic (exact) mass is 376 g/mol. The van der Waals surface area contributed by atoms with Gasteiger partial charge in [-0.15, -0.1) is 0 Å². The maximum atomic E-state index is 13.0. The van der Waals surface area contributed by atoms with E-state index in [4.69, 9.17) is 22.1 Å². The fraction of sp³-hybridized carbons (Fsp3) is 0.467. The maximum absolute atomic E-state index is 13.0. The first-order valence-corrected chi connectivity index (χ1v) is 7.78. The number of nitrogens with zero attached hydrogens (tertiary/aromatic N) is 1. The molecule has 1 fully saturated rings. The van der Waals surface area contributed by atoms with E-state index in [9.17, 15) is 23.4 Å². The van der Waals surface area contributed by atoms with Gasteiger partial charge in [-0.1, -0.05) is 12.2 Å². The Labute approximate surface area is 144 Å². The van der Waals surface area contributed by atoms with Crippen LogP contribution in [-0.4, -0.2) is 50.2 Å². The van der Waals surface area contributed by atoms with Gasteiger partial charge in [0.2, 0.25) is 0 Å². The first-order chi connectivity index (χ1) is 11.6. The summed E-state index contributed by atoms with van der Waals surface area (Å²) in [5.74, 6) is 0. The molecular formula is C15H15F3N2O4S. The number of hydrogen-bond donors (Lipinski definition) is 4. The summed E-state index contributed by atoms with van der Waals surface area (Å²) in [7, 11) is 0. The Hall–Kier alpha value is -1.59. The number of hydrogen-bond acceptors (Lipinski definition) is 6. The van der Waals surface area contributed by atoms with Gasteiger partial charge in [-0.3, -0.25) is 0 Å². The second-order valence-electron chi connectivity index (χ2n) is 5.90. The van der Waals surface area contributed by atoms with Gasteiger partial charge in [-0.25, -0.2) is 4.98 Å². The van der Waals surface area contributed by atoms with Crippen molar-refractivity contribution in [3.05, 3.63) is 33.6 Å². The first-order valence-electron chi connectivity index (χ1n) is 7.37. The Morgan fingerprint density at radius 1 is 1.28 bits per heavy atom. The van der Waals surface area contributed by atoms with Crippen molar-refractivity contribution < 1.29 is 33.2 Å². The largest absolute Gasteiger partial charge is 0.433 e. The summed E-state index contributed by atoms with van der Waals surface area (Å²) >= 11 is 5.14. The van der Waals surface area contributed by atoms with E-state index in [-0.39, 0.29) is 15.9 Å². The zero-order valence-corrected chi connectivity index (χ0v) is 13.7. The minimum atomic E-state index is -4.59. The third kappa shape index (κ3) is 3.15. The van der Waals surface area contributed by atoms with E-state index in [1.807, 2.05) is 0 Å². The quantitative estimate of drug-likeness (QED) is 0.597. The van der Waals surface area contributed by atoms with Crippen LogP contribution in [0.5, 0.6) is 0 Å². The summed E-state index contributed by atoms with van der Waals surface area (Å²) < 4.78 is 44.4. The SMILES string of the molecule is Cc1cc2cc(C3OC(CO)C(O)C3O)c(=S)[nH]c2nc1C(F)(F)F. The highest BCUT2D eigenvalue weighted by atomic mass is 32.1. The van der Waals surface area contributed by atoms with Crippen LogP contribution in [0.3, 0.4) is 0 Å². The number of aromatic nitrogens is 2. The number of nitrogens with one attached hydrogen (secondary N) is 1.